The molecule has 3 aromatic carbocycles. The van der Waals surface area contributed by atoms with Crippen molar-refractivity contribution >= 4 is 23.4 Å². The maximum atomic E-state index is 16.3. The first kappa shape index (κ1) is 60.1. The minimum atomic E-state index is -1.65. The number of esters is 2. The highest BCUT2D eigenvalue weighted by Gasteiger charge is 2.69. The molecule has 5 aliphatic heterocycles. The fourth-order valence-electron chi connectivity index (χ4n) is 19.6. The van der Waals surface area contributed by atoms with Crippen LogP contribution in [0.25, 0.3) is 0 Å². The number of phenolic OH excluding ortho intramolecular Hbond substituents is 1. The second-order valence-corrected chi connectivity index (χ2v) is 29.5. The highest BCUT2D eigenvalue weighted by atomic mass is 16.6. The summed E-state index contributed by atoms with van der Waals surface area (Å²) in [5.41, 5.74) is 1.39. The predicted molar refractivity (Wildman–Crippen MR) is 332 cm³/mol. The van der Waals surface area contributed by atoms with Crippen molar-refractivity contribution in [3.63, 3.8) is 0 Å². The van der Waals surface area contributed by atoms with Crippen LogP contribution in [0.3, 0.4) is 0 Å². The van der Waals surface area contributed by atoms with Crippen LogP contribution in [0.2, 0.25) is 0 Å². The summed E-state index contributed by atoms with van der Waals surface area (Å²) in [6.07, 6.45) is 14.9. The summed E-state index contributed by atoms with van der Waals surface area (Å²) < 4.78 is 19.8. The average molecular weight is 1200 g/mol. The van der Waals surface area contributed by atoms with Gasteiger partial charge in [-0.2, -0.15) is 0 Å². The monoisotopic (exact) mass is 1200 g/mol. The number of fused-ring (bicyclic) bond motifs is 17. The second kappa shape index (κ2) is 24.3. The number of aliphatic hydroxyl groups excluding tert-OH is 3. The number of ether oxygens (including phenoxy) is 3. The first-order chi connectivity index (χ1) is 42.5. The Morgan fingerprint density at radius 2 is 1.43 bits per heavy atom. The van der Waals surface area contributed by atoms with Crippen molar-refractivity contribution in [3.8, 4) is 35.2 Å². The van der Waals surface area contributed by atoms with E-state index in [1.165, 1.54) is 0 Å². The Morgan fingerprint density at radius 3 is 2.24 bits per heavy atom. The normalized spacial score (nSPS) is 38.8. The third-order valence-corrected chi connectivity index (χ3v) is 24.1. The number of anilines is 1. The fourth-order valence-corrected chi connectivity index (χ4v) is 19.6. The first-order valence-electron chi connectivity index (χ1n) is 34.2. The Morgan fingerprint density at radius 1 is 0.693 bits per heavy atom. The zero-order valence-corrected chi connectivity index (χ0v) is 51.4. The molecule has 0 radical (unpaired) electrons. The van der Waals surface area contributed by atoms with Crippen LogP contribution in [0.5, 0.6) is 11.5 Å². The molecule has 13 heteroatoms. The van der Waals surface area contributed by atoms with Gasteiger partial charge in [0.1, 0.15) is 40.7 Å². The molecule has 12 aliphatic rings. The molecule has 13 nitrogen and oxygen atoms in total. The molecule has 1 spiro atoms. The SMILES string of the molecule is C[C@@]1(O)CNc2cc(cc([C@H]3C#C[C@@H]4CC(=O)Oc5c4cc(c(O)c5C4CCCCC4)C[C@H]4OC(=O)/C(=C\[C@H](O)Cc5cccc(c5)C[C@H]5C(=O)C[C@H]6CC[C@@H]7[C@@H]8CCCC[C@H]8[C@]4(O)[C@H]6[C@H]75)C3)c2)[C@@H](O)C2(C#CC3CCC(CC3)OC[C@H]1O)CCCCC2. The number of ketones is 1. The fraction of sp³-hybridized carbons (Fsp3) is 0.640. The lowest BCUT2D eigenvalue weighted by molar-refractivity contribution is -0.265. The molecule has 7 N–H and O–H groups in total. The number of hydrogen-bond donors (Lipinski definition) is 7. The Hall–Kier alpha value is -5.51. The topological polar surface area (TPSA) is 212 Å². The number of phenols is 1. The van der Waals surface area contributed by atoms with Crippen LogP contribution in [-0.4, -0.2) is 97.1 Å². The summed E-state index contributed by atoms with van der Waals surface area (Å²) in [6, 6.07) is 15.8. The highest BCUT2D eigenvalue weighted by Crippen LogP contribution is 2.66. The molecule has 0 unspecified atom stereocenters. The zero-order valence-electron chi connectivity index (χ0n) is 51.4. The van der Waals surface area contributed by atoms with E-state index in [0.717, 1.165) is 127 Å². The van der Waals surface area contributed by atoms with Gasteiger partial charge in [-0.15, -0.1) is 0 Å². The molecular formula is C75H91NO12. The third-order valence-electron chi connectivity index (χ3n) is 24.1. The van der Waals surface area contributed by atoms with Crippen LogP contribution in [0.1, 0.15) is 217 Å². The first-order valence-corrected chi connectivity index (χ1v) is 34.2. The lowest BCUT2D eigenvalue weighted by atomic mass is 9.40. The van der Waals surface area contributed by atoms with Gasteiger partial charge in [-0.3, -0.25) is 9.59 Å². The number of Topliss-reactive ketones (excluding diaryl/α,β-unsaturated/α-hetero) is 1. The number of carbonyl (C=O) groups excluding carboxylic acids is 3. The molecule has 3 aromatic rings. The zero-order chi connectivity index (χ0) is 60.6. The smallest absolute Gasteiger partial charge is 0.334 e. The van der Waals surface area contributed by atoms with Gasteiger partial charge in [0.2, 0.25) is 0 Å². The number of aromatic hydroxyl groups is 1. The van der Waals surface area contributed by atoms with Gasteiger partial charge >= 0.3 is 11.9 Å². The molecule has 0 saturated heterocycles. The summed E-state index contributed by atoms with van der Waals surface area (Å²) in [4.78, 5) is 45.3. The van der Waals surface area contributed by atoms with E-state index >= 15 is 4.79 Å². The van der Waals surface area contributed by atoms with Crippen LogP contribution in [-0.2, 0) is 43.1 Å². The van der Waals surface area contributed by atoms with Crippen molar-refractivity contribution in [2.75, 3.05) is 18.5 Å². The molecule has 468 valence electrons. The average Bonchev–Trinajstić information content (AvgIpc) is 0.726. The van der Waals surface area contributed by atoms with Gasteiger partial charge < -0.3 is 50.2 Å². The Labute approximate surface area is 519 Å². The maximum absolute atomic E-state index is 16.3. The summed E-state index contributed by atoms with van der Waals surface area (Å²) >= 11 is 0. The van der Waals surface area contributed by atoms with Crippen molar-refractivity contribution in [2.24, 2.45) is 52.8 Å². The van der Waals surface area contributed by atoms with Crippen molar-refractivity contribution in [2.45, 2.75) is 233 Å². The number of nitrogens with one attached hydrogen (secondary N) is 1. The van der Waals surface area contributed by atoms with E-state index in [-0.39, 0.29) is 115 Å². The molecule has 15 atom stereocenters. The van der Waals surface area contributed by atoms with Gasteiger partial charge in [-0.25, -0.2) is 4.79 Å². The quantitative estimate of drug-likeness (QED) is 0.0724. The van der Waals surface area contributed by atoms with Crippen LogP contribution in [0.4, 0.5) is 5.69 Å². The number of hydrogen-bond acceptors (Lipinski definition) is 13. The van der Waals surface area contributed by atoms with E-state index in [1.54, 1.807) is 13.0 Å². The molecule has 0 aromatic heterocycles. The van der Waals surface area contributed by atoms with E-state index in [2.05, 4.69) is 41.1 Å². The summed E-state index contributed by atoms with van der Waals surface area (Å²) in [5.74, 6) is 11.3. The summed E-state index contributed by atoms with van der Waals surface area (Å²) in [5, 5.41) is 80.4. The summed E-state index contributed by atoms with van der Waals surface area (Å²) in [6.45, 7) is 1.45. The summed E-state index contributed by atoms with van der Waals surface area (Å²) in [7, 11) is 0. The lowest BCUT2D eigenvalue weighted by Crippen LogP contribution is -2.71. The molecule has 88 heavy (non-hydrogen) atoms. The number of carbonyl (C=O) groups is 3. The predicted octanol–water partition coefficient (Wildman–Crippen LogP) is 11.1. The Kier molecular flexibility index (Phi) is 16.6. The van der Waals surface area contributed by atoms with Crippen molar-refractivity contribution in [3.05, 3.63) is 99.1 Å². The molecule has 7 saturated carbocycles. The number of aliphatic hydroxyl groups is 5. The van der Waals surface area contributed by atoms with E-state index in [0.29, 0.717) is 64.9 Å². The van der Waals surface area contributed by atoms with E-state index in [9.17, 15) is 40.2 Å². The van der Waals surface area contributed by atoms with Gasteiger partial charge in [0.25, 0.3) is 0 Å². The highest BCUT2D eigenvalue weighted by molar-refractivity contribution is 5.89. The van der Waals surface area contributed by atoms with Crippen molar-refractivity contribution in [1.82, 2.24) is 0 Å². The van der Waals surface area contributed by atoms with Crippen molar-refractivity contribution in [1.29, 1.82) is 0 Å². The van der Waals surface area contributed by atoms with Gasteiger partial charge in [-0.05, 0) is 190 Å². The molecule has 5 heterocycles. The van der Waals surface area contributed by atoms with Gasteiger partial charge in [0.05, 0.1) is 42.7 Å². The van der Waals surface area contributed by atoms with Crippen LogP contribution in [0, 0.1) is 76.4 Å². The largest absolute Gasteiger partial charge is 0.507 e. The van der Waals surface area contributed by atoms with Crippen LogP contribution in [0.15, 0.2) is 60.2 Å². The Balaban J connectivity index is 0.975. The van der Waals surface area contributed by atoms with E-state index < -0.39 is 64.8 Å². The molecule has 0 amide bonds. The molecule has 7 aliphatic carbocycles. The Bertz CT molecular complexity index is 3340. The lowest BCUT2D eigenvalue weighted by Gasteiger charge is -2.66. The van der Waals surface area contributed by atoms with E-state index in [1.807, 2.05) is 36.4 Å². The third kappa shape index (κ3) is 11.3. The minimum absolute atomic E-state index is 0.0124. The van der Waals surface area contributed by atoms with Crippen LogP contribution >= 0.6 is 0 Å². The van der Waals surface area contributed by atoms with E-state index in [4.69, 9.17) is 14.2 Å². The standard InChI is InChI=1S/C75H91NO12/c1-73(84)42-76-54-34-50(33-52(35-54)71(82)74(26-8-3-9-27-74)28-25-43-17-22-56(23-18-43)86-41-63(73)79)47-19-20-48-40-65(80)88-70-59(48)37-51(69(81)66(70)46-13-4-2-5-14-46)39-64-75(85)61-16-7-6-15-57(61)58-24-21-49-38-62(78)60(67(58)68(49)75)31-45-12-10-11-44(29-45)30-55(77)36-53(32-47)72(83)87-64/h10-12,29,33-37,43,46-49,55-58,60-61,63-64,67-68,71,76-77,79,81-82,84-85H,2-9,13-18,21-24,26-27,30-32,38-42H2,1H3/b53-36-/t43?,47-,48+,49+,55+,56?,57-,58+,60-,61+,63+,64+,67+,68+,71+,73+,75+/m0/s1. The second-order valence-electron chi connectivity index (χ2n) is 29.5. The van der Waals surface area contributed by atoms with Gasteiger partial charge in [0, 0.05) is 65.9 Å². The molecule has 7 fully saturated rings. The molecule has 15 rings (SSSR count). The number of benzene rings is 3. The number of rotatable bonds is 2. The maximum Gasteiger partial charge on any atom is 0.334 e. The van der Waals surface area contributed by atoms with Crippen LogP contribution < -0.4 is 10.1 Å². The molecule has 16 bridgehead atoms. The molecular weight excluding hydrogens is 1110 g/mol. The van der Waals surface area contributed by atoms with Gasteiger partial charge in [-0.1, -0.05) is 105 Å². The minimum Gasteiger partial charge on any atom is -0.507 e. The van der Waals surface area contributed by atoms with Gasteiger partial charge in [0.15, 0.2) is 0 Å². The van der Waals surface area contributed by atoms with Crippen molar-refractivity contribution < 1.29 is 59.2 Å².